The first-order valence-electron chi connectivity index (χ1n) is 12.8. The number of rotatable bonds is 5. The number of hydrogen-bond acceptors (Lipinski definition) is 4. The van der Waals surface area contributed by atoms with Crippen LogP contribution in [-0.2, 0) is 21.5 Å². The van der Waals surface area contributed by atoms with E-state index in [-0.39, 0.29) is 17.6 Å². The Hall–Kier alpha value is -3.81. The van der Waals surface area contributed by atoms with Gasteiger partial charge in [0.1, 0.15) is 5.82 Å². The second kappa shape index (κ2) is 8.64. The van der Waals surface area contributed by atoms with Gasteiger partial charge in [0, 0.05) is 36.6 Å². The molecule has 1 aromatic heterocycles. The van der Waals surface area contributed by atoms with Crippen LogP contribution >= 0.6 is 0 Å². The lowest BCUT2D eigenvalue weighted by atomic mass is 9.92. The van der Waals surface area contributed by atoms with Gasteiger partial charge in [-0.25, -0.2) is 4.39 Å². The fraction of sp³-hybridized carbons (Fsp3) is 0.267. The second-order valence-corrected chi connectivity index (χ2v) is 10.2. The number of ether oxygens (including phenoxy) is 1. The third-order valence-corrected chi connectivity index (χ3v) is 8.02. The number of aromatic nitrogens is 2. The molecule has 2 aliphatic heterocycles. The van der Waals surface area contributed by atoms with E-state index in [0.29, 0.717) is 5.69 Å². The van der Waals surface area contributed by atoms with Gasteiger partial charge < -0.3 is 10.1 Å². The van der Waals surface area contributed by atoms with Gasteiger partial charge in [0.15, 0.2) is 0 Å². The van der Waals surface area contributed by atoms with Gasteiger partial charge in [0.25, 0.3) is 0 Å². The van der Waals surface area contributed by atoms with Crippen LogP contribution in [0.15, 0.2) is 60.7 Å². The average molecular weight is 495 g/mol. The minimum absolute atomic E-state index is 0.0395. The van der Waals surface area contributed by atoms with E-state index in [9.17, 15) is 9.18 Å². The van der Waals surface area contributed by atoms with Crippen molar-refractivity contribution in [1.29, 1.82) is 0 Å². The number of carbonyl (C=O) groups excluding carboxylic acids is 1. The van der Waals surface area contributed by atoms with Gasteiger partial charge in [-0.3, -0.25) is 14.8 Å². The maximum absolute atomic E-state index is 13.7. The minimum Gasteiger partial charge on any atom is -0.379 e. The Bertz CT molecular complexity index is 1540. The molecule has 7 heteroatoms. The first kappa shape index (κ1) is 22.4. The largest absolute Gasteiger partial charge is 0.379 e. The molecule has 6 nitrogen and oxygen atoms in total. The number of halogens is 1. The average Bonchev–Trinajstić information content (AvgIpc) is 3.45. The van der Waals surface area contributed by atoms with Gasteiger partial charge in [-0.15, -0.1) is 0 Å². The van der Waals surface area contributed by atoms with E-state index >= 15 is 0 Å². The third-order valence-electron chi connectivity index (χ3n) is 8.02. The minimum atomic E-state index is -0.590. The summed E-state index contributed by atoms with van der Waals surface area (Å²) in [5, 5.41) is 11.6. The molecule has 3 aliphatic rings. The fourth-order valence-electron chi connectivity index (χ4n) is 5.91. The number of morpholine rings is 1. The third kappa shape index (κ3) is 3.86. The Labute approximate surface area is 214 Å². The lowest BCUT2D eigenvalue weighted by molar-refractivity contribution is -0.118. The van der Waals surface area contributed by atoms with E-state index in [1.165, 1.54) is 17.7 Å². The van der Waals surface area contributed by atoms with Crippen molar-refractivity contribution in [1.82, 2.24) is 15.1 Å². The van der Waals surface area contributed by atoms with E-state index in [0.717, 1.165) is 72.6 Å². The molecule has 1 saturated heterocycles. The zero-order valence-corrected chi connectivity index (χ0v) is 20.3. The summed E-state index contributed by atoms with van der Waals surface area (Å²) in [5.74, 6) is -0.305. The molecule has 37 heavy (non-hydrogen) atoms. The Kier molecular flexibility index (Phi) is 5.23. The van der Waals surface area contributed by atoms with Gasteiger partial charge in [-0.1, -0.05) is 48.5 Å². The number of fused-ring (bicyclic) bond motifs is 3. The molecule has 0 bridgehead atoms. The van der Waals surface area contributed by atoms with Crippen LogP contribution in [0.3, 0.4) is 0 Å². The predicted molar refractivity (Wildman–Crippen MR) is 142 cm³/mol. The molecule has 7 rings (SSSR count). The van der Waals surface area contributed by atoms with Crippen LogP contribution in [0, 0.1) is 5.82 Å². The number of nitrogens with zero attached hydrogens (tertiary/aromatic N) is 2. The summed E-state index contributed by atoms with van der Waals surface area (Å²) >= 11 is 0. The van der Waals surface area contributed by atoms with Crippen LogP contribution in [0.2, 0.25) is 0 Å². The Morgan fingerprint density at radius 1 is 1.05 bits per heavy atom. The maximum Gasteiger partial charge on any atom is 0.235 e. The molecule has 4 aromatic rings. The monoisotopic (exact) mass is 494 g/mol. The van der Waals surface area contributed by atoms with Crippen LogP contribution in [0.5, 0.6) is 0 Å². The smallest absolute Gasteiger partial charge is 0.235 e. The lowest BCUT2D eigenvalue weighted by Crippen LogP contribution is -2.35. The topological polar surface area (TPSA) is 70.2 Å². The van der Waals surface area contributed by atoms with Crippen molar-refractivity contribution in [3.63, 3.8) is 0 Å². The molecule has 1 aliphatic carbocycles. The number of aromatic amines is 1. The summed E-state index contributed by atoms with van der Waals surface area (Å²) in [5.41, 5.74) is 6.24. The molecule has 0 radical (unpaired) electrons. The van der Waals surface area contributed by atoms with E-state index in [1.54, 1.807) is 6.07 Å². The number of hydrogen-bond donors (Lipinski definition) is 2. The van der Waals surface area contributed by atoms with Gasteiger partial charge in [-0.05, 0) is 52.9 Å². The van der Waals surface area contributed by atoms with Crippen molar-refractivity contribution in [2.45, 2.75) is 24.3 Å². The summed E-state index contributed by atoms with van der Waals surface area (Å²) in [6, 6.07) is 19.5. The van der Waals surface area contributed by atoms with Crippen LogP contribution in [-0.4, -0.2) is 47.3 Å². The molecule has 0 unspecified atom stereocenters. The highest BCUT2D eigenvalue weighted by atomic mass is 19.1. The van der Waals surface area contributed by atoms with Crippen molar-refractivity contribution >= 4 is 34.6 Å². The van der Waals surface area contributed by atoms with E-state index < -0.39 is 5.41 Å². The molecule has 3 heterocycles. The van der Waals surface area contributed by atoms with E-state index in [1.807, 2.05) is 6.08 Å². The first-order valence-corrected chi connectivity index (χ1v) is 12.8. The summed E-state index contributed by atoms with van der Waals surface area (Å²) in [4.78, 5) is 15.3. The molecule has 2 atom stereocenters. The molecule has 2 N–H and O–H groups in total. The van der Waals surface area contributed by atoms with Crippen molar-refractivity contribution < 1.29 is 13.9 Å². The van der Waals surface area contributed by atoms with Crippen LogP contribution in [0.25, 0.3) is 23.1 Å². The van der Waals surface area contributed by atoms with Crippen LogP contribution < -0.4 is 5.32 Å². The molecule has 1 saturated carbocycles. The molecule has 1 spiro atoms. The highest BCUT2D eigenvalue weighted by Crippen LogP contribution is 2.65. The van der Waals surface area contributed by atoms with E-state index in [2.05, 4.69) is 69.0 Å². The van der Waals surface area contributed by atoms with Gasteiger partial charge in [-0.2, -0.15) is 5.10 Å². The normalized spacial score (nSPS) is 23.2. The zero-order chi connectivity index (χ0) is 25.0. The first-order chi connectivity index (χ1) is 18.1. The highest BCUT2D eigenvalue weighted by molar-refractivity contribution is 6.10. The molecule has 186 valence electrons. The summed E-state index contributed by atoms with van der Waals surface area (Å²) in [6.45, 7) is 4.54. The quantitative estimate of drug-likeness (QED) is 0.406. The Morgan fingerprint density at radius 3 is 2.73 bits per heavy atom. The molecule has 3 aromatic carbocycles. The Morgan fingerprint density at radius 2 is 1.89 bits per heavy atom. The van der Waals surface area contributed by atoms with Gasteiger partial charge >= 0.3 is 0 Å². The van der Waals surface area contributed by atoms with Gasteiger partial charge in [0.05, 0.1) is 29.8 Å². The summed E-state index contributed by atoms with van der Waals surface area (Å²) in [6.07, 6.45) is 4.84. The van der Waals surface area contributed by atoms with Crippen molar-refractivity contribution in [2.75, 3.05) is 31.6 Å². The molecule has 1 amide bonds. The molecule has 2 fully saturated rings. The van der Waals surface area contributed by atoms with Gasteiger partial charge in [0.2, 0.25) is 5.91 Å². The molecular formula is C30H27FN4O2. The lowest BCUT2D eigenvalue weighted by Gasteiger charge is -2.26. The van der Waals surface area contributed by atoms with Crippen LogP contribution in [0.4, 0.5) is 10.1 Å². The number of anilines is 1. The van der Waals surface area contributed by atoms with Crippen molar-refractivity contribution in [3.05, 3.63) is 94.4 Å². The fourth-order valence-corrected chi connectivity index (χ4v) is 5.91. The zero-order valence-electron chi connectivity index (χ0n) is 20.3. The Balaban J connectivity index is 1.08. The number of carbonyl (C=O) groups is 1. The summed E-state index contributed by atoms with van der Waals surface area (Å²) in [7, 11) is 0. The SMILES string of the molecule is O=C1Nc2cc(F)ccc2[C@]12C[C@H]2c1ccc2c(/C=C/c3ccc(CN4CCOCC4)cc3)n[nH]c2c1. The summed E-state index contributed by atoms with van der Waals surface area (Å²) < 4.78 is 19.1. The number of nitrogens with one attached hydrogen (secondary N) is 2. The number of benzene rings is 3. The number of amides is 1. The van der Waals surface area contributed by atoms with Crippen LogP contribution in [0.1, 0.15) is 40.3 Å². The standard InChI is InChI=1S/C30H27FN4O2/c31-22-7-9-24-28(16-22)32-29(36)30(24)17-25(30)21-6-8-23-26(33-34-27(23)15-21)10-5-19-1-3-20(4-2-19)18-35-11-13-37-14-12-35/h1-10,15-16,25H,11-14,17-18H2,(H,32,36)(H,33,34)/b10-5+/t25-,30-/m0/s1. The number of H-pyrrole nitrogens is 1. The highest BCUT2D eigenvalue weighted by Gasteiger charge is 2.65. The predicted octanol–water partition coefficient (Wildman–Crippen LogP) is 5.08. The van der Waals surface area contributed by atoms with Crippen molar-refractivity contribution in [3.8, 4) is 0 Å². The second-order valence-electron chi connectivity index (χ2n) is 10.2. The van der Waals surface area contributed by atoms with Crippen molar-refractivity contribution in [2.24, 2.45) is 0 Å². The van der Waals surface area contributed by atoms with E-state index in [4.69, 9.17) is 4.74 Å². The maximum atomic E-state index is 13.7. The molecular weight excluding hydrogens is 467 g/mol.